The van der Waals surface area contributed by atoms with Crippen molar-refractivity contribution in [1.29, 1.82) is 0 Å². The van der Waals surface area contributed by atoms with Gasteiger partial charge in [-0.15, -0.1) is 0 Å². The number of fused-ring (bicyclic) bond motifs is 1. The zero-order valence-corrected chi connectivity index (χ0v) is 20.0. The number of likely N-dealkylation sites (N-methyl/N-ethyl adjacent to an activating group) is 1. The van der Waals surface area contributed by atoms with Gasteiger partial charge in [0, 0.05) is 45.5 Å². The lowest BCUT2D eigenvalue weighted by molar-refractivity contribution is 0.0292. The molecule has 4 heterocycles. The van der Waals surface area contributed by atoms with Gasteiger partial charge in [0.2, 0.25) is 0 Å². The molecule has 0 unspecified atom stereocenters. The van der Waals surface area contributed by atoms with Crippen molar-refractivity contribution >= 4 is 23.1 Å². The molecule has 172 valence electrons. The maximum absolute atomic E-state index is 12.5. The van der Waals surface area contributed by atoms with E-state index in [0.717, 1.165) is 47.0 Å². The summed E-state index contributed by atoms with van der Waals surface area (Å²) in [5.74, 6) is 1.57. The monoisotopic (exact) mass is 440 g/mol. The molecule has 1 atom stereocenters. The van der Waals surface area contributed by atoms with Crippen LogP contribution in [0.2, 0.25) is 0 Å². The Morgan fingerprint density at radius 1 is 1.31 bits per heavy atom. The lowest BCUT2D eigenvalue weighted by atomic mass is 10.2. The molecule has 0 aliphatic carbocycles. The molecule has 4 rings (SSSR count). The van der Waals surface area contributed by atoms with Crippen LogP contribution in [0.5, 0.6) is 0 Å². The third kappa shape index (κ3) is 3.89. The number of aryl methyl sites for hydroxylation is 2. The summed E-state index contributed by atoms with van der Waals surface area (Å²) in [4.78, 5) is 30.3. The number of anilines is 1. The van der Waals surface area contributed by atoms with Gasteiger partial charge in [-0.25, -0.2) is 19.7 Å². The smallest absolute Gasteiger partial charge is 0.410 e. The summed E-state index contributed by atoms with van der Waals surface area (Å²) in [5, 5.41) is 4.46. The molecule has 1 saturated heterocycles. The van der Waals surface area contributed by atoms with Crippen LogP contribution >= 0.6 is 0 Å². The highest BCUT2D eigenvalue weighted by Gasteiger charge is 2.33. The van der Waals surface area contributed by atoms with Gasteiger partial charge in [-0.1, -0.05) is 0 Å². The molecule has 1 aliphatic heterocycles. The van der Waals surface area contributed by atoms with E-state index in [9.17, 15) is 4.79 Å². The molecule has 1 aliphatic rings. The van der Waals surface area contributed by atoms with Crippen molar-refractivity contribution in [3.63, 3.8) is 0 Å². The van der Waals surface area contributed by atoms with Crippen LogP contribution in [0.1, 0.15) is 39.8 Å². The zero-order valence-electron chi connectivity index (χ0n) is 20.0. The number of imidazole rings is 1. The van der Waals surface area contributed by atoms with Gasteiger partial charge in [-0.05, 0) is 41.0 Å². The average Bonchev–Trinajstić information content (AvgIpc) is 3.44. The summed E-state index contributed by atoms with van der Waals surface area (Å²) in [6.07, 6.45) is 3.99. The molecule has 0 saturated carbocycles. The van der Waals surface area contributed by atoms with Crippen molar-refractivity contribution in [2.45, 2.75) is 59.2 Å². The summed E-state index contributed by atoms with van der Waals surface area (Å²) in [6.45, 7) is 11.8. The van der Waals surface area contributed by atoms with E-state index in [1.54, 1.807) is 11.2 Å². The van der Waals surface area contributed by atoms with E-state index in [0.29, 0.717) is 13.1 Å². The molecule has 0 N–H and O–H groups in total. The third-order valence-corrected chi connectivity index (χ3v) is 5.98. The van der Waals surface area contributed by atoms with Gasteiger partial charge in [0.15, 0.2) is 17.0 Å². The van der Waals surface area contributed by atoms with Gasteiger partial charge in [-0.3, -0.25) is 4.68 Å². The SMILES string of the molecule is CCn1ncc(-c2nc3c(N(C)[C@H]4CCN(C(=O)OC(C)(C)C)C4)ncnc3n2C)c1C. The lowest BCUT2D eigenvalue weighted by Crippen LogP contribution is -2.39. The minimum absolute atomic E-state index is 0.121. The highest BCUT2D eigenvalue weighted by molar-refractivity contribution is 5.87. The molecule has 32 heavy (non-hydrogen) atoms. The normalized spacial score (nSPS) is 16.7. The number of rotatable bonds is 4. The predicted octanol–water partition coefficient (Wildman–Crippen LogP) is 3.00. The van der Waals surface area contributed by atoms with E-state index in [-0.39, 0.29) is 12.1 Å². The van der Waals surface area contributed by atoms with Crippen LogP contribution in [0.15, 0.2) is 12.5 Å². The van der Waals surface area contributed by atoms with Crippen LogP contribution in [0, 0.1) is 6.92 Å². The summed E-state index contributed by atoms with van der Waals surface area (Å²) < 4.78 is 9.48. The van der Waals surface area contributed by atoms with E-state index in [1.807, 2.05) is 57.2 Å². The summed E-state index contributed by atoms with van der Waals surface area (Å²) in [6, 6.07) is 0.121. The Bertz CT molecular complexity index is 1140. The first-order valence-corrected chi connectivity index (χ1v) is 11.0. The highest BCUT2D eigenvalue weighted by atomic mass is 16.6. The Morgan fingerprint density at radius 3 is 2.72 bits per heavy atom. The largest absolute Gasteiger partial charge is 0.444 e. The van der Waals surface area contributed by atoms with Crippen molar-refractivity contribution in [1.82, 2.24) is 34.2 Å². The first kappa shape index (κ1) is 22.0. The van der Waals surface area contributed by atoms with Crippen molar-refractivity contribution in [3.05, 3.63) is 18.2 Å². The highest BCUT2D eigenvalue weighted by Crippen LogP contribution is 2.31. The van der Waals surface area contributed by atoms with Crippen molar-refractivity contribution in [2.24, 2.45) is 7.05 Å². The number of nitrogens with zero attached hydrogens (tertiary/aromatic N) is 8. The van der Waals surface area contributed by atoms with Crippen molar-refractivity contribution < 1.29 is 9.53 Å². The summed E-state index contributed by atoms with van der Waals surface area (Å²) >= 11 is 0. The predicted molar refractivity (Wildman–Crippen MR) is 123 cm³/mol. The fourth-order valence-corrected chi connectivity index (χ4v) is 4.19. The minimum Gasteiger partial charge on any atom is -0.444 e. The number of aromatic nitrogens is 6. The van der Waals surface area contributed by atoms with Crippen LogP contribution in [0.25, 0.3) is 22.6 Å². The number of carbonyl (C=O) groups excluding carboxylic acids is 1. The molecule has 0 bridgehead atoms. The van der Waals surface area contributed by atoms with Crippen LogP contribution < -0.4 is 4.90 Å². The summed E-state index contributed by atoms with van der Waals surface area (Å²) in [7, 11) is 3.96. The zero-order chi connectivity index (χ0) is 23.2. The number of hydrogen-bond acceptors (Lipinski definition) is 7. The van der Waals surface area contributed by atoms with E-state index >= 15 is 0 Å². The average molecular weight is 441 g/mol. The van der Waals surface area contributed by atoms with Gasteiger partial charge in [-0.2, -0.15) is 5.10 Å². The topological polar surface area (TPSA) is 94.2 Å². The minimum atomic E-state index is -0.506. The van der Waals surface area contributed by atoms with E-state index in [2.05, 4.69) is 26.9 Å². The first-order valence-electron chi connectivity index (χ1n) is 11.0. The maximum atomic E-state index is 12.5. The molecule has 0 radical (unpaired) electrons. The second-order valence-corrected chi connectivity index (χ2v) is 9.30. The molecular weight excluding hydrogens is 408 g/mol. The fraction of sp³-hybridized carbons (Fsp3) is 0.591. The van der Waals surface area contributed by atoms with Gasteiger partial charge in [0.05, 0.1) is 11.8 Å². The summed E-state index contributed by atoms with van der Waals surface area (Å²) in [5.41, 5.74) is 3.05. The number of ether oxygens (including phenoxy) is 1. The number of likely N-dealkylation sites (tertiary alicyclic amines) is 1. The van der Waals surface area contributed by atoms with Crippen LogP contribution in [-0.2, 0) is 18.3 Å². The first-order chi connectivity index (χ1) is 15.1. The van der Waals surface area contributed by atoms with E-state index in [1.165, 1.54) is 0 Å². The van der Waals surface area contributed by atoms with Gasteiger partial charge >= 0.3 is 6.09 Å². The fourth-order valence-electron chi connectivity index (χ4n) is 4.19. The molecule has 3 aromatic heterocycles. The molecule has 1 amide bonds. The Balaban J connectivity index is 1.62. The third-order valence-electron chi connectivity index (χ3n) is 5.98. The van der Waals surface area contributed by atoms with E-state index < -0.39 is 5.60 Å². The van der Waals surface area contributed by atoms with Gasteiger partial charge in [0.1, 0.15) is 17.8 Å². The maximum Gasteiger partial charge on any atom is 0.410 e. The number of amides is 1. The Morgan fingerprint density at radius 2 is 2.06 bits per heavy atom. The molecule has 0 aromatic carbocycles. The van der Waals surface area contributed by atoms with Crippen molar-refractivity contribution in [2.75, 3.05) is 25.0 Å². The van der Waals surface area contributed by atoms with Crippen LogP contribution in [0.4, 0.5) is 10.6 Å². The molecule has 3 aromatic rings. The second kappa shape index (κ2) is 8.07. The molecule has 0 spiro atoms. The standard InChI is InChI=1S/C22H32N8O2/c1-8-30-14(2)16(11-25-30)18-26-17-19(23-13-24-20(17)28(18)7)27(6)15-9-10-29(12-15)21(31)32-22(3,4)5/h11,13,15H,8-10,12H2,1-7H3/t15-/m0/s1. The molecule has 10 nitrogen and oxygen atoms in total. The Labute approximate surface area is 188 Å². The molecule has 10 heteroatoms. The van der Waals surface area contributed by atoms with Crippen molar-refractivity contribution in [3.8, 4) is 11.4 Å². The number of hydrogen-bond donors (Lipinski definition) is 0. The van der Waals surface area contributed by atoms with Gasteiger partial charge < -0.3 is 19.1 Å². The molecular formula is C22H32N8O2. The van der Waals surface area contributed by atoms with Crippen LogP contribution in [-0.4, -0.2) is 72.1 Å². The van der Waals surface area contributed by atoms with E-state index in [4.69, 9.17) is 9.72 Å². The lowest BCUT2D eigenvalue weighted by Gasteiger charge is -2.27. The Kier molecular flexibility index (Phi) is 5.56. The van der Waals surface area contributed by atoms with Crippen LogP contribution in [0.3, 0.4) is 0 Å². The number of carbonyl (C=O) groups is 1. The molecule has 1 fully saturated rings. The quantitative estimate of drug-likeness (QED) is 0.615. The Hall–Kier alpha value is -3.17. The van der Waals surface area contributed by atoms with Gasteiger partial charge in [0.25, 0.3) is 0 Å². The second-order valence-electron chi connectivity index (χ2n) is 9.30.